The topological polar surface area (TPSA) is 177 Å². The molecular formula is C36H26Cl2F10N14O2. The second-order valence-corrected chi connectivity index (χ2v) is 16.1. The van der Waals surface area contributed by atoms with E-state index in [0.717, 1.165) is 55.8 Å². The number of fused-ring (bicyclic) bond motifs is 6. The average molecular weight is 948 g/mol. The number of anilines is 4. The van der Waals surface area contributed by atoms with Gasteiger partial charge in [-0.2, -0.15) is 46.7 Å². The summed E-state index contributed by atoms with van der Waals surface area (Å²) >= 11 is 11.8. The van der Waals surface area contributed by atoms with Gasteiger partial charge < -0.3 is 10.6 Å². The molecule has 2 saturated carbocycles. The van der Waals surface area contributed by atoms with Gasteiger partial charge in [-0.05, 0) is 49.7 Å². The highest BCUT2D eigenvalue weighted by Crippen LogP contribution is 2.62. The van der Waals surface area contributed by atoms with Crippen molar-refractivity contribution in [2.75, 3.05) is 33.5 Å². The zero-order valence-corrected chi connectivity index (χ0v) is 33.4. The van der Waals surface area contributed by atoms with Crippen molar-refractivity contribution in [3.05, 3.63) is 82.1 Å². The monoisotopic (exact) mass is 946 g/mol. The van der Waals surface area contributed by atoms with Gasteiger partial charge in [0.1, 0.15) is 22.2 Å². The van der Waals surface area contributed by atoms with Crippen LogP contribution < -0.4 is 20.4 Å². The third-order valence-electron chi connectivity index (χ3n) is 11.5. The lowest BCUT2D eigenvalue weighted by atomic mass is 9.80. The third kappa shape index (κ3) is 7.09. The van der Waals surface area contributed by atoms with Gasteiger partial charge in [0.05, 0.1) is 58.9 Å². The summed E-state index contributed by atoms with van der Waals surface area (Å²) < 4.78 is 141. The number of urea groups is 2. The molecule has 336 valence electrons. The van der Waals surface area contributed by atoms with E-state index in [1.165, 1.54) is 12.1 Å². The van der Waals surface area contributed by atoms with E-state index in [1.807, 2.05) is 0 Å². The fourth-order valence-electron chi connectivity index (χ4n) is 8.41. The second-order valence-electron chi connectivity index (χ2n) is 15.3. The lowest BCUT2D eigenvalue weighted by molar-refractivity contribution is -0.194. The summed E-state index contributed by atoms with van der Waals surface area (Å²) in [5.41, 5.74) is -6.75. The number of hydrogen-bond donors (Lipinski definition) is 2. The second kappa shape index (κ2) is 15.2. The van der Waals surface area contributed by atoms with E-state index in [-0.39, 0.29) is 55.7 Å². The van der Waals surface area contributed by atoms with E-state index < -0.39 is 84.4 Å². The van der Waals surface area contributed by atoms with Crippen molar-refractivity contribution in [2.45, 2.75) is 61.7 Å². The van der Waals surface area contributed by atoms with Crippen LogP contribution in [0.5, 0.6) is 0 Å². The molecule has 4 aliphatic rings. The number of nitrogens with one attached hydrogen (secondary N) is 2. The van der Waals surface area contributed by atoms with Crippen molar-refractivity contribution < 1.29 is 53.5 Å². The number of halogens is 12. The molecule has 8 heterocycles. The molecule has 0 bridgehead atoms. The molecule has 6 aromatic rings. The summed E-state index contributed by atoms with van der Waals surface area (Å²) in [6, 6.07) is 2.55. The number of aromatic nitrogens is 10. The molecule has 28 heteroatoms. The number of rotatable bonds is 6. The first-order chi connectivity index (χ1) is 30.2. The maximum atomic E-state index is 14.6. The predicted octanol–water partition coefficient (Wildman–Crippen LogP) is 8.74. The molecule has 4 amide bonds. The van der Waals surface area contributed by atoms with E-state index in [1.54, 1.807) is 0 Å². The highest BCUT2D eigenvalue weighted by Gasteiger charge is 2.70. The molecule has 0 aromatic carbocycles. The molecule has 2 aliphatic carbocycles. The van der Waals surface area contributed by atoms with Crippen molar-refractivity contribution in [3.8, 4) is 0 Å². The third-order valence-corrected chi connectivity index (χ3v) is 11.8. The van der Waals surface area contributed by atoms with E-state index >= 15 is 0 Å². The zero-order valence-electron chi connectivity index (χ0n) is 31.9. The molecule has 2 N–H and O–H groups in total. The smallest absolute Gasteiger partial charge is 0.306 e. The maximum Gasteiger partial charge on any atom is 0.402 e. The number of nitrogens with zero attached hydrogens (tertiary/aromatic N) is 12. The van der Waals surface area contributed by atoms with Gasteiger partial charge in [0, 0.05) is 25.2 Å². The Balaban J connectivity index is 0.000000162. The first-order valence-corrected chi connectivity index (χ1v) is 19.6. The predicted molar refractivity (Wildman–Crippen MR) is 204 cm³/mol. The molecule has 10 rings (SSSR count). The maximum absolute atomic E-state index is 14.6. The molecule has 2 atom stereocenters. The Hall–Kier alpha value is -6.18. The number of hydrogen-bond acceptors (Lipinski definition) is 10. The van der Waals surface area contributed by atoms with E-state index in [4.69, 9.17) is 23.2 Å². The Kier molecular flexibility index (Phi) is 10.3. The van der Waals surface area contributed by atoms with Crippen LogP contribution in [-0.4, -0.2) is 87.1 Å². The van der Waals surface area contributed by atoms with Crippen LogP contribution >= 0.6 is 23.2 Å². The molecule has 16 nitrogen and oxygen atoms in total. The quantitative estimate of drug-likeness (QED) is 0.154. The number of amides is 4. The van der Waals surface area contributed by atoms with Crippen molar-refractivity contribution in [3.63, 3.8) is 0 Å². The fraction of sp³-hybridized carbons (Fsp3) is 0.389. The van der Waals surface area contributed by atoms with Crippen LogP contribution in [0.4, 0.5) is 76.2 Å². The molecule has 6 aromatic heterocycles. The zero-order chi connectivity index (χ0) is 45.7. The average Bonchev–Trinajstić information content (AvgIpc) is 4.12. The SMILES string of the molecule is O=C(Nc1cnnc(C(F)F)c1)N1C[C@@](C2CC2)(C(F)(F)F)c2c1cnc1cc(Cl)nn21.O=C(Nc1cnnc(C(F)F)c1)N1C[C@](C2CC2)(C(F)(F)F)c2c1cnc1cc(Cl)nn21. The highest BCUT2D eigenvalue weighted by molar-refractivity contribution is 6.30. The Morgan fingerprint density at radius 1 is 0.625 bits per heavy atom. The number of carbonyl (C=O) groups is 2. The van der Waals surface area contributed by atoms with Gasteiger partial charge in [-0.1, -0.05) is 23.2 Å². The van der Waals surface area contributed by atoms with E-state index in [0.29, 0.717) is 25.7 Å². The van der Waals surface area contributed by atoms with Crippen LogP contribution in [0, 0.1) is 11.8 Å². The Bertz CT molecular complexity index is 2650. The first kappa shape index (κ1) is 43.1. The first-order valence-electron chi connectivity index (χ1n) is 18.8. The van der Waals surface area contributed by atoms with Crippen molar-refractivity contribution in [1.82, 2.24) is 49.6 Å². The summed E-state index contributed by atoms with van der Waals surface area (Å²) in [7, 11) is 0. The van der Waals surface area contributed by atoms with Gasteiger partial charge in [0.25, 0.3) is 12.9 Å². The Morgan fingerprint density at radius 2 is 1.00 bits per heavy atom. The van der Waals surface area contributed by atoms with Crippen LogP contribution in [0.25, 0.3) is 11.3 Å². The van der Waals surface area contributed by atoms with Crippen LogP contribution in [0.15, 0.2) is 49.1 Å². The molecule has 0 spiro atoms. The minimum atomic E-state index is -4.70. The molecule has 64 heavy (non-hydrogen) atoms. The van der Waals surface area contributed by atoms with Crippen LogP contribution in [0.1, 0.15) is 61.3 Å². The van der Waals surface area contributed by atoms with Crippen molar-refractivity contribution in [2.24, 2.45) is 11.8 Å². The standard InChI is InChI=1S/2C18H13ClF5N7O/c2*19-12-4-13-25-6-11-14(31(13)29-12)17(8-1-2-8,18(22,23)24)7-30(11)16(32)27-9-3-10(15(20)21)28-26-5-9/h2*3-6,8,15H,1-2,7H2,(H,27,28,32)/t2*17-/m10/s1. The molecule has 2 fully saturated rings. The number of alkyl halides is 10. The molecule has 2 aliphatic heterocycles. The van der Waals surface area contributed by atoms with Gasteiger partial charge in [-0.3, -0.25) is 9.80 Å². The Morgan fingerprint density at radius 3 is 1.33 bits per heavy atom. The van der Waals surface area contributed by atoms with E-state index in [9.17, 15) is 53.5 Å². The minimum Gasteiger partial charge on any atom is -0.306 e. The van der Waals surface area contributed by atoms with Gasteiger partial charge in [0.15, 0.2) is 21.6 Å². The lowest BCUT2D eigenvalue weighted by Crippen LogP contribution is -2.50. The van der Waals surface area contributed by atoms with Gasteiger partial charge in [-0.15, -0.1) is 10.2 Å². The molecule has 0 unspecified atom stereocenters. The van der Waals surface area contributed by atoms with Crippen LogP contribution in [0.3, 0.4) is 0 Å². The number of carbonyl (C=O) groups excluding carboxylic acids is 2. The largest absolute Gasteiger partial charge is 0.402 e. The van der Waals surface area contributed by atoms with Crippen LogP contribution in [0.2, 0.25) is 10.3 Å². The van der Waals surface area contributed by atoms with Gasteiger partial charge >= 0.3 is 24.4 Å². The fourth-order valence-corrected chi connectivity index (χ4v) is 8.76. The van der Waals surface area contributed by atoms with Crippen molar-refractivity contribution in [1.29, 1.82) is 0 Å². The summed E-state index contributed by atoms with van der Waals surface area (Å²) in [4.78, 5) is 35.9. The van der Waals surface area contributed by atoms with Crippen molar-refractivity contribution >= 4 is 69.3 Å². The molecule has 0 radical (unpaired) electrons. The molecular weight excluding hydrogens is 921 g/mol. The lowest BCUT2D eigenvalue weighted by Gasteiger charge is -2.32. The van der Waals surface area contributed by atoms with Crippen LogP contribution in [-0.2, 0) is 10.8 Å². The summed E-state index contributed by atoms with van der Waals surface area (Å²) in [6.07, 6.45) is -9.57. The van der Waals surface area contributed by atoms with Gasteiger partial charge in [-0.25, -0.2) is 46.1 Å². The van der Waals surface area contributed by atoms with E-state index in [2.05, 4.69) is 51.2 Å². The Labute approximate surface area is 360 Å². The minimum absolute atomic E-state index is 0.0388. The summed E-state index contributed by atoms with van der Waals surface area (Å²) in [5.74, 6) is -1.50. The summed E-state index contributed by atoms with van der Waals surface area (Å²) in [6.45, 7) is -1.42. The van der Waals surface area contributed by atoms with Gasteiger partial charge in [0.2, 0.25) is 0 Å². The highest BCUT2D eigenvalue weighted by atomic mass is 35.5. The summed E-state index contributed by atoms with van der Waals surface area (Å²) in [5, 5.41) is 25.8. The normalized spacial score (nSPS) is 20.8. The molecule has 0 saturated heterocycles.